The van der Waals surface area contributed by atoms with Gasteiger partial charge < -0.3 is 10.1 Å². The molecule has 0 saturated carbocycles. The Hall–Kier alpha value is -2.64. The number of anilines is 1. The Kier molecular flexibility index (Phi) is 4.93. The van der Waals surface area contributed by atoms with E-state index in [1.807, 2.05) is 24.3 Å². The van der Waals surface area contributed by atoms with Gasteiger partial charge in [-0.25, -0.2) is 4.68 Å². The summed E-state index contributed by atoms with van der Waals surface area (Å²) in [6, 6.07) is 9.19. The number of ether oxygens (including phenoxy) is 1. The van der Waals surface area contributed by atoms with Gasteiger partial charge in [0.1, 0.15) is 6.73 Å². The van der Waals surface area contributed by atoms with Crippen LogP contribution in [-0.4, -0.2) is 32.6 Å². The van der Waals surface area contributed by atoms with Crippen LogP contribution >= 0.6 is 11.6 Å². The monoisotopic (exact) mass is 345 g/mol. The summed E-state index contributed by atoms with van der Waals surface area (Å²) < 4.78 is 8.24. The lowest BCUT2D eigenvalue weighted by Crippen LogP contribution is -2.14. The topological polar surface area (TPSA) is 74.0 Å². The fourth-order valence-electron chi connectivity index (χ4n) is 2.24. The molecule has 0 radical (unpaired) electrons. The van der Waals surface area contributed by atoms with Crippen molar-refractivity contribution in [3.8, 4) is 0 Å². The molecule has 0 fully saturated rings. The Morgan fingerprint density at radius 3 is 2.96 bits per heavy atom. The van der Waals surface area contributed by atoms with Crippen molar-refractivity contribution in [1.29, 1.82) is 0 Å². The average Bonchev–Trinajstić information content (AvgIpc) is 3.17. The minimum absolute atomic E-state index is 0.274. The van der Waals surface area contributed by atoms with Crippen LogP contribution in [0.5, 0.6) is 0 Å². The minimum Gasteiger partial charge on any atom is -0.362 e. The van der Waals surface area contributed by atoms with Crippen molar-refractivity contribution >= 4 is 23.2 Å². The van der Waals surface area contributed by atoms with Crippen LogP contribution < -0.4 is 5.32 Å². The van der Waals surface area contributed by atoms with E-state index in [0.717, 1.165) is 5.56 Å². The molecule has 0 spiro atoms. The molecule has 7 nitrogen and oxygen atoms in total. The molecule has 3 rings (SSSR count). The molecule has 0 saturated heterocycles. The molecule has 24 heavy (non-hydrogen) atoms. The van der Waals surface area contributed by atoms with Gasteiger partial charge in [-0.05, 0) is 23.8 Å². The largest absolute Gasteiger partial charge is 0.362 e. The highest BCUT2D eigenvalue weighted by molar-refractivity contribution is 6.30. The molecular formula is C16H16ClN5O2. The normalized spacial score (nSPS) is 10.8. The van der Waals surface area contributed by atoms with Crippen molar-refractivity contribution in [2.45, 2.75) is 13.3 Å². The van der Waals surface area contributed by atoms with Crippen LogP contribution in [0.2, 0.25) is 5.02 Å². The maximum absolute atomic E-state index is 12.2. The molecule has 0 aliphatic heterocycles. The van der Waals surface area contributed by atoms with E-state index in [-0.39, 0.29) is 5.91 Å². The van der Waals surface area contributed by atoms with Crippen LogP contribution in [0.25, 0.3) is 0 Å². The summed E-state index contributed by atoms with van der Waals surface area (Å²) in [6.07, 6.45) is 5.02. The summed E-state index contributed by atoms with van der Waals surface area (Å²) in [5.74, 6) is -0.274. The van der Waals surface area contributed by atoms with Crippen molar-refractivity contribution in [3.05, 3.63) is 65.2 Å². The van der Waals surface area contributed by atoms with Crippen LogP contribution in [0.4, 0.5) is 5.69 Å². The van der Waals surface area contributed by atoms with Crippen LogP contribution in [0, 0.1) is 0 Å². The Bertz CT molecular complexity index is 842. The van der Waals surface area contributed by atoms with E-state index in [1.165, 1.54) is 0 Å². The molecule has 1 aromatic carbocycles. The van der Waals surface area contributed by atoms with Gasteiger partial charge in [-0.15, -0.1) is 0 Å². The first-order valence-corrected chi connectivity index (χ1v) is 7.62. The summed E-state index contributed by atoms with van der Waals surface area (Å²) in [6.45, 7) is 0.869. The second-order valence-corrected chi connectivity index (χ2v) is 5.61. The van der Waals surface area contributed by atoms with E-state index in [1.54, 1.807) is 41.1 Å². The van der Waals surface area contributed by atoms with Crippen molar-refractivity contribution in [1.82, 2.24) is 19.6 Å². The standard InChI is InChI=1S/C16H16ClN5O2/c1-24-11-21-6-5-15(20-21)16(23)19-14-4-2-3-12(7-14)9-22-10-13(17)8-18-22/h2-8,10H,9,11H2,1H3,(H,19,23). The first-order chi connectivity index (χ1) is 11.6. The van der Waals surface area contributed by atoms with E-state index in [0.29, 0.717) is 29.7 Å². The second kappa shape index (κ2) is 7.29. The molecule has 2 aromatic heterocycles. The van der Waals surface area contributed by atoms with Gasteiger partial charge in [0, 0.05) is 25.2 Å². The molecule has 0 unspecified atom stereocenters. The molecule has 1 amide bonds. The number of carbonyl (C=O) groups excluding carboxylic acids is 1. The predicted octanol–water partition coefficient (Wildman–Crippen LogP) is 2.64. The van der Waals surface area contributed by atoms with Crippen molar-refractivity contribution in [2.75, 3.05) is 12.4 Å². The van der Waals surface area contributed by atoms with Crippen molar-refractivity contribution in [3.63, 3.8) is 0 Å². The van der Waals surface area contributed by atoms with Crippen LogP contribution in [0.1, 0.15) is 16.1 Å². The Labute approximate surface area is 143 Å². The number of carbonyl (C=O) groups is 1. The Balaban J connectivity index is 1.68. The summed E-state index contributed by atoms with van der Waals surface area (Å²) in [5.41, 5.74) is 2.02. The molecule has 0 aliphatic carbocycles. The van der Waals surface area contributed by atoms with E-state index in [2.05, 4.69) is 15.5 Å². The van der Waals surface area contributed by atoms with Gasteiger partial charge in [-0.3, -0.25) is 9.48 Å². The highest BCUT2D eigenvalue weighted by Gasteiger charge is 2.10. The van der Waals surface area contributed by atoms with E-state index >= 15 is 0 Å². The third-order valence-corrected chi connectivity index (χ3v) is 3.46. The van der Waals surface area contributed by atoms with Gasteiger partial charge >= 0.3 is 0 Å². The predicted molar refractivity (Wildman–Crippen MR) is 90.0 cm³/mol. The second-order valence-electron chi connectivity index (χ2n) is 5.17. The molecule has 0 bridgehead atoms. The number of aromatic nitrogens is 4. The van der Waals surface area contributed by atoms with E-state index in [4.69, 9.17) is 16.3 Å². The first-order valence-electron chi connectivity index (χ1n) is 7.24. The van der Waals surface area contributed by atoms with Gasteiger partial charge in [-0.2, -0.15) is 10.2 Å². The van der Waals surface area contributed by atoms with Crippen LogP contribution in [0.15, 0.2) is 48.9 Å². The number of hydrogen-bond acceptors (Lipinski definition) is 4. The number of rotatable bonds is 6. The number of halogens is 1. The average molecular weight is 346 g/mol. The van der Waals surface area contributed by atoms with E-state index in [9.17, 15) is 4.79 Å². The van der Waals surface area contributed by atoms with Gasteiger partial charge in [0.25, 0.3) is 5.91 Å². The maximum Gasteiger partial charge on any atom is 0.276 e. The molecular weight excluding hydrogens is 330 g/mol. The first kappa shape index (κ1) is 16.2. The highest BCUT2D eigenvalue weighted by Crippen LogP contribution is 2.14. The van der Waals surface area contributed by atoms with Crippen molar-refractivity contribution < 1.29 is 9.53 Å². The van der Waals surface area contributed by atoms with E-state index < -0.39 is 0 Å². The van der Waals surface area contributed by atoms with Gasteiger partial charge in [0.2, 0.25) is 0 Å². The third-order valence-electron chi connectivity index (χ3n) is 3.27. The lowest BCUT2D eigenvalue weighted by molar-refractivity contribution is 0.101. The summed E-state index contributed by atoms with van der Waals surface area (Å²) in [7, 11) is 1.57. The zero-order chi connectivity index (χ0) is 16.9. The third kappa shape index (κ3) is 4.01. The summed E-state index contributed by atoms with van der Waals surface area (Å²) in [4.78, 5) is 12.2. The van der Waals surface area contributed by atoms with Crippen LogP contribution in [-0.2, 0) is 18.0 Å². The molecule has 124 valence electrons. The molecule has 1 N–H and O–H groups in total. The molecule has 0 atom stereocenters. The zero-order valence-electron chi connectivity index (χ0n) is 13.0. The lowest BCUT2D eigenvalue weighted by Gasteiger charge is -2.07. The number of amides is 1. The van der Waals surface area contributed by atoms with Gasteiger partial charge in [-0.1, -0.05) is 23.7 Å². The van der Waals surface area contributed by atoms with Crippen LogP contribution in [0.3, 0.4) is 0 Å². The Morgan fingerprint density at radius 1 is 1.33 bits per heavy atom. The molecule has 0 aliphatic rings. The lowest BCUT2D eigenvalue weighted by atomic mass is 10.2. The molecule has 3 aromatic rings. The maximum atomic E-state index is 12.2. The van der Waals surface area contributed by atoms with Gasteiger partial charge in [0.05, 0.1) is 17.8 Å². The van der Waals surface area contributed by atoms with Crippen molar-refractivity contribution in [2.24, 2.45) is 0 Å². The highest BCUT2D eigenvalue weighted by atomic mass is 35.5. The smallest absolute Gasteiger partial charge is 0.276 e. The quantitative estimate of drug-likeness (QED) is 0.745. The Morgan fingerprint density at radius 2 is 2.21 bits per heavy atom. The molecule has 2 heterocycles. The SMILES string of the molecule is COCn1ccc(C(=O)Nc2cccc(Cn3cc(Cl)cn3)c2)n1. The minimum atomic E-state index is -0.274. The number of benzene rings is 1. The fraction of sp³-hybridized carbons (Fsp3) is 0.188. The summed E-state index contributed by atoms with van der Waals surface area (Å²) in [5, 5.41) is 11.7. The number of nitrogens with zero attached hydrogens (tertiary/aromatic N) is 4. The zero-order valence-corrected chi connectivity index (χ0v) is 13.8. The number of methoxy groups -OCH3 is 1. The molecule has 8 heteroatoms. The number of nitrogens with one attached hydrogen (secondary N) is 1. The number of hydrogen-bond donors (Lipinski definition) is 1. The van der Waals surface area contributed by atoms with Gasteiger partial charge in [0.15, 0.2) is 5.69 Å². The fourth-order valence-corrected chi connectivity index (χ4v) is 2.40. The summed E-state index contributed by atoms with van der Waals surface area (Å²) >= 11 is 5.86.